The molecule has 0 fully saturated rings. The van der Waals surface area contributed by atoms with E-state index in [1.54, 1.807) is 0 Å². The van der Waals surface area contributed by atoms with Gasteiger partial charge in [-0.2, -0.15) is 43.9 Å². The second-order valence-corrected chi connectivity index (χ2v) is 5.95. The standard InChI is InChI=1S/C7H9F5OS.C5H7F5O/c1-5(13)14-4-2-3-6(8,9)7(10,11)12;6-4(7,2-1-3-11)5(8,9)10/h2-4H2,1H3;11H,1-3H2. The van der Waals surface area contributed by atoms with Gasteiger partial charge in [-0.1, -0.05) is 11.8 Å². The van der Waals surface area contributed by atoms with Crippen LogP contribution < -0.4 is 0 Å². The van der Waals surface area contributed by atoms with Gasteiger partial charge in [-0.3, -0.25) is 4.79 Å². The lowest BCUT2D eigenvalue weighted by atomic mass is 10.2. The van der Waals surface area contributed by atoms with E-state index in [2.05, 4.69) is 0 Å². The second kappa shape index (κ2) is 10.4. The monoisotopic (exact) mass is 414 g/mol. The van der Waals surface area contributed by atoms with Crippen molar-refractivity contribution >= 4 is 16.9 Å². The minimum absolute atomic E-state index is 0.0129. The van der Waals surface area contributed by atoms with E-state index in [1.807, 2.05) is 0 Å². The molecule has 0 aliphatic heterocycles. The molecule has 0 radical (unpaired) electrons. The third kappa shape index (κ3) is 11.5. The topological polar surface area (TPSA) is 37.3 Å². The summed E-state index contributed by atoms with van der Waals surface area (Å²) in [6.07, 6.45) is -14.5. The SMILES string of the molecule is CC(=O)SCCCC(F)(F)C(F)(F)F.OCCCC(F)(F)C(F)(F)F. The molecule has 0 spiro atoms. The zero-order chi connectivity index (χ0) is 20.5. The van der Waals surface area contributed by atoms with Gasteiger partial charge in [-0.25, -0.2) is 0 Å². The minimum atomic E-state index is -5.50. The van der Waals surface area contributed by atoms with Gasteiger partial charge in [0, 0.05) is 32.1 Å². The van der Waals surface area contributed by atoms with Crippen molar-refractivity contribution in [2.24, 2.45) is 0 Å². The fourth-order valence-electron chi connectivity index (χ4n) is 1.09. The van der Waals surface area contributed by atoms with Crippen molar-refractivity contribution in [3.05, 3.63) is 0 Å². The van der Waals surface area contributed by atoms with E-state index in [-0.39, 0.29) is 17.3 Å². The molecule has 152 valence electrons. The van der Waals surface area contributed by atoms with Crippen LogP contribution in [0.1, 0.15) is 32.6 Å². The van der Waals surface area contributed by atoms with Gasteiger partial charge in [-0.05, 0) is 12.8 Å². The van der Waals surface area contributed by atoms with Gasteiger partial charge >= 0.3 is 24.2 Å². The average molecular weight is 414 g/mol. The van der Waals surface area contributed by atoms with Crippen LogP contribution in [0, 0.1) is 0 Å². The van der Waals surface area contributed by atoms with Gasteiger partial charge in [0.05, 0.1) is 0 Å². The molecule has 13 heteroatoms. The first-order chi connectivity index (χ1) is 11.0. The van der Waals surface area contributed by atoms with Crippen LogP contribution in [0.5, 0.6) is 0 Å². The fraction of sp³-hybridized carbons (Fsp3) is 0.917. The number of aliphatic hydroxyl groups is 1. The molecular weight excluding hydrogens is 398 g/mol. The number of rotatable bonds is 7. The smallest absolute Gasteiger partial charge is 0.396 e. The zero-order valence-electron chi connectivity index (χ0n) is 12.8. The maximum absolute atomic E-state index is 12.2. The van der Waals surface area contributed by atoms with E-state index in [4.69, 9.17) is 5.11 Å². The van der Waals surface area contributed by atoms with E-state index in [9.17, 15) is 48.7 Å². The molecule has 0 unspecified atom stereocenters. The summed E-state index contributed by atoms with van der Waals surface area (Å²) in [5.41, 5.74) is 0. The van der Waals surface area contributed by atoms with E-state index in [0.29, 0.717) is 0 Å². The summed E-state index contributed by atoms with van der Waals surface area (Å²) in [6.45, 7) is 0.568. The number of hydrogen-bond donors (Lipinski definition) is 1. The minimum Gasteiger partial charge on any atom is -0.396 e. The Hall–Kier alpha value is -0.720. The Balaban J connectivity index is 0. The van der Waals surface area contributed by atoms with Gasteiger partial charge < -0.3 is 5.11 Å². The maximum Gasteiger partial charge on any atom is 0.453 e. The molecule has 25 heavy (non-hydrogen) atoms. The molecule has 1 N–H and O–H groups in total. The van der Waals surface area contributed by atoms with Crippen LogP contribution in [0.25, 0.3) is 0 Å². The van der Waals surface area contributed by atoms with Gasteiger partial charge in [0.15, 0.2) is 5.12 Å². The number of halogens is 10. The van der Waals surface area contributed by atoms with Crippen molar-refractivity contribution in [3.8, 4) is 0 Å². The summed E-state index contributed by atoms with van der Waals surface area (Å²) >= 11 is 0.743. The van der Waals surface area contributed by atoms with Crippen molar-refractivity contribution in [1.29, 1.82) is 0 Å². The fourth-order valence-corrected chi connectivity index (χ4v) is 1.67. The Morgan fingerprint density at radius 1 is 0.800 bits per heavy atom. The number of carbonyl (C=O) groups is 1. The largest absolute Gasteiger partial charge is 0.453 e. The van der Waals surface area contributed by atoms with Gasteiger partial charge in [0.1, 0.15) is 0 Å². The van der Waals surface area contributed by atoms with Crippen molar-refractivity contribution in [2.75, 3.05) is 12.4 Å². The van der Waals surface area contributed by atoms with Crippen LogP contribution in [-0.4, -0.2) is 46.8 Å². The third-order valence-electron chi connectivity index (χ3n) is 2.42. The van der Waals surface area contributed by atoms with Crippen LogP contribution in [-0.2, 0) is 4.79 Å². The van der Waals surface area contributed by atoms with Crippen molar-refractivity contribution in [2.45, 2.75) is 56.8 Å². The molecule has 0 saturated heterocycles. The highest BCUT2D eigenvalue weighted by molar-refractivity contribution is 8.13. The number of hydrogen-bond acceptors (Lipinski definition) is 3. The Kier molecular flexibility index (Phi) is 11.1. The molecule has 0 aliphatic carbocycles. The molecule has 0 rings (SSSR count). The summed E-state index contributed by atoms with van der Waals surface area (Å²) in [7, 11) is 0. The molecule has 2 nitrogen and oxygen atoms in total. The quantitative estimate of drug-likeness (QED) is 0.460. The first-order valence-corrected chi connectivity index (χ1v) is 7.60. The van der Waals surface area contributed by atoms with Crippen molar-refractivity contribution in [1.82, 2.24) is 0 Å². The predicted octanol–water partition coefficient (Wildman–Crippen LogP) is 5.20. The summed E-state index contributed by atoms with van der Waals surface area (Å²) in [6, 6.07) is 0. The number of carbonyl (C=O) groups excluding carboxylic acids is 1. The van der Waals surface area contributed by atoms with Crippen LogP contribution in [0.2, 0.25) is 0 Å². The maximum atomic E-state index is 12.2. The van der Waals surface area contributed by atoms with Crippen molar-refractivity contribution < 1.29 is 53.8 Å². The van der Waals surface area contributed by atoms with E-state index >= 15 is 0 Å². The summed E-state index contributed by atoms with van der Waals surface area (Å²) in [5.74, 6) is -9.33. The van der Waals surface area contributed by atoms with E-state index in [0.717, 1.165) is 11.8 Å². The molecule has 0 aliphatic rings. The first kappa shape index (κ1) is 26.5. The molecular formula is C12H16F10O2S. The Bertz CT molecular complexity index is 392. The molecule has 0 heterocycles. The Morgan fingerprint density at radius 3 is 1.44 bits per heavy atom. The third-order valence-corrected chi connectivity index (χ3v) is 3.32. The van der Waals surface area contributed by atoms with Gasteiger partial charge in [0.25, 0.3) is 0 Å². The summed E-state index contributed by atoms with van der Waals surface area (Å²) in [4.78, 5) is 10.3. The lowest BCUT2D eigenvalue weighted by molar-refractivity contribution is -0.284. The van der Waals surface area contributed by atoms with Crippen LogP contribution in [0.4, 0.5) is 43.9 Å². The zero-order valence-corrected chi connectivity index (χ0v) is 13.6. The number of thioether (sulfide) groups is 1. The highest BCUT2D eigenvalue weighted by Crippen LogP contribution is 2.39. The number of alkyl halides is 10. The molecule has 0 atom stereocenters. The van der Waals surface area contributed by atoms with E-state index < -0.39 is 50.1 Å². The molecule has 0 aromatic rings. The summed E-state index contributed by atoms with van der Waals surface area (Å²) in [5, 5.41) is 7.70. The van der Waals surface area contributed by atoms with Crippen LogP contribution in [0.3, 0.4) is 0 Å². The number of aliphatic hydroxyl groups excluding tert-OH is 1. The summed E-state index contributed by atoms with van der Waals surface area (Å²) < 4.78 is 117. The molecule has 0 amide bonds. The second-order valence-electron chi connectivity index (χ2n) is 4.68. The van der Waals surface area contributed by atoms with Gasteiger partial charge in [-0.15, -0.1) is 0 Å². The van der Waals surface area contributed by atoms with Gasteiger partial charge in [0.2, 0.25) is 0 Å². The first-order valence-electron chi connectivity index (χ1n) is 6.61. The average Bonchev–Trinajstić information content (AvgIpc) is 2.39. The van der Waals surface area contributed by atoms with Crippen LogP contribution in [0.15, 0.2) is 0 Å². The lowest BCUT2D eigenvalue weighted by Crippen LogP contribution is -2.36. The van der Waals surface area contributed by atoms with Crippen molar-refractivity contribution in [3.63, 3.8) is 0 Å². The Labute approximate surface area is 140 Å². The highest BCUT2D eigenvalue weighted by atomic mass is 32.2. The predicted molar refractivity (Wildman–Crippen MR) is 70.7 cm³/mol. The highest BCUT2D eigenvalue weighted by Gasteiger charge is 2.57. The Morgan fingerprint density at radius 2 is 1.16 bits per heavy atom. The molecule has 0 bridgehead atoms. The molecule has 0 aromatic carbocycles. The lowest BCUT2D eigenvalue weighted by Gasteiger charge is -2.18. The molecule has 0 aromatic heterocycles. The van der Waals surface area contributed by atoms with E-state index in [1.165, 1.54) is 6.92 Å². The normalized spacial score (nSPS) is 13.3. The van der Waals surface area contributed by atoms with Crippen LogP contribution >= 0.6 is 11.8 Å². The molecule has 0 saturated carbocycles.